The zero-order chi connectivity index (χ0) is 19.4. The quantitative estimate of drug-likeness (QED) is 0.420. The highest BCUT2D eigenvalue weighted by molar-refractivity contribution is 7.99. The molecule has 3 heterocycles. The molecule has 0 saturated heterocycles. The fraction of sp³-hybridized carbons (Fsp3) is 0.278. The molecule has 0 aliphatic carbocycles. The minimum Gasteiger partial charge on any atom is -0.469 e. The van der Waals surface area contributed by atoms with Gasteiger partial charge in [0, 0.05) is 17.6 Å². The molecule has 0 N–H and O–H groups in total. The van der Waals surface area contributed by atoms with Crippen LogP contribution < -0.4 is 0 Å². The maximum Gasteiger partial charge on any atom is 0.192 e. The Hall–Kier alpha value is -2.70. The molecule has 7 nitrogen and oxygen atoms in total. The van der Waals surface area contributed by atoms with Crippen LogP contribution in [-0.4, -0.2) is 31.3 Å². The average molecular weight is 400 g/mol. The lowest BCUT2D eigenvalue weighted by Gasteiger charge is -2.08. The first-order valence-electron chi connectivity index (χ1n) is 8.10. The van der Waals surface area contributed by atoms with E-state index in [0.717, 1.165) is 17.0 Å². The van der Waals surface area contributed by atoms with E-state index in [1.54, 1.807) is 12.3 Å². The van der Waals surface area contributed by atoms with Crippen LogP contribution in [-0.2, 0) is 11.3 Å². The van der Waals surface area contributed by atoms with Crippen LogP contribution in [0.25, 0.3) is 11.4 Å². The number of allylic oxidation sites excluding steroid dienone is 1. The molecule has 0 bridgehead atoms. The number of aryl methyl sites for hydroxylation is 2. The predicted octanol–water partition coefficient (Wildman–Crippen LogP) is 3.77. The second-order valence-corrected chi connectivity index (χ2v) is 7.57. The summed E-state index contributed by atoms with van der Waals surface area (Å²) in [6.45, 7) is 7.96. The van der Waals surface area contributed by atoms with Crippen LogP contribution in [0, 0.1) is 25.2 Å². The van der Waals surface area contributed by atoms with Gasteiger partial charge >= 0.3 is 0 Å². The van der Waals surface area contributed by atoms with E-state index in [1.165, 1.54) is 23.1 Å². The highest BCUT2D eigenvalue weighted by Gasteiger charge is 2.25. The highest BCUT2D eigenvalue weighted by atomic mass is 32.2. The molecule has 0 aromatic carbocycles. The molecule has 0 aliphatic rings. The van der Waals surface area contributed by atoms with E-state index < -0.39 is 5.92 Å². The third kappa shape index (κ3) is 4.02. The van der Waals surface area contributed by atoms with Gasteiger partial charge in [-0.3, -0.25) is 9.36 Å². The number of thioether (sulfide) groups is 1. The molecular formula is C18H17N5O2S2. The molecule has 9 heteroatoms. The van der Waals surface area contributed by atoms with Gasteiger partial charge in [0.15, 0.2) is 22.7 Å². The summed E-state index contributed by atoms with van der Waals surface area (Å²) >= 11 is 2.58. The topological polar surface area (TPSA) is 97.6 Å². The zero-order valence-corrected chi connectivity index (χ0v) is 16.5. The number of Topliss-reactive ketones (excluding diaryl/α,β-unsaturated/α-hetero) is 1. The Labute approximate surface area is 164 Å². The van der Waals surface area contributed by atoms with Gasteiger partial charge in [0.1, 0.15) is 10.8 Å². The van der Waals surface area contributed by atoms with Gasteiger partial charge in [0.05, 0.1) is 23.6 Å². The van der Waals surface area contributed by atoms with Crippen molar-refractivity contribution in [2.45, 2.75) is 31.5 Å². The normalized spacial score (nSPS) is 11.9. The molecule has 0 unspecified atom stereocenters. The van der Waals surface area contributed by atoms with Crippen molar-refractivity contribution in [2.24, 2.45) is 0 Å². The van der Waals surface area contributed by atoms with Crippen LogP contribution in [0.1, 0.15) is 22.4 Å². The Balaban J connectivity index is 1.79. The molecule has 3 rings (SSSR count). The minimum atomic E-state index is -0.859. The first kappa shape index (κ1) is 19.1. The monoisotopic (exact) mass is 399 g/mol. The smallest absolute Gasteiger partial charge is 0.192 e. The number of ketones is 1. The van der Waals surface area contributed by atoms with Gasteiger partial charge in [-0.15, -0.1) is 28.1 Å². The largest absolute Gasteiger partial charge is 0.469 e. The van der Waals surface area contributed by atoms with Gasteiger partial charge in [0.25, 0.3) is 0 Å². The number of carbonyl (C=O) groups is 1. The molecule has 0 amide bonds. The van der Waals surface area contributed by atoms with Crippen LogP contribution in [0.2, 0.25) is 0 Å². The summed E-state index contributed by atoms with van der Waals surface area (Å²) in [7, 11) is 0. The molecule has 0 radical (unpaired) electrons. The van der Waals surface area contributed by atoms with E-state index in [9.17, 15) is 10.1 Å². The molecule has 0 aliphatic heterocycles. The predicted molar refractivity (Wildman–Crippen MR) is 104 cm³/mol. The van der Waals surface area contributed by atoms with Crippen LogP contribution in [0.5, 0.6) is 0 Å². The van der Waals surface area contributed by atoms with Crippen molar-refractivity contribution in [1.82, 2.24) is 19.7 Å². The van der Waals surface area contributed by atoms with Crippen molar-refractivity contribution < 1.29 is 9.21 Å². The maximum absolute atomic E-state index is 12.5. The molecule has 1 atom stereocenters. The molecule has 0 spiro atoms. The third-order valence-electron chi connectivity index (χ3n) is 3.81. The lowest BCUT2D eigenvalue weighted by Crippen LogP contribution is -2.14. The standard InChI is InChI=1S/C18H17N5O2S2/c1-4-6-23-16(13-5-7-25-12(13)3)21-22-18(23)27-10-15(24)14(8-19)17-20-11(2)9-26-17/h4-5,7,9,14H,1,6,10H2,2-3H3/t14-/m0/s1. The summed E-state index contributed by atoms with van der Waals surface area (Å²) in [5.41, 5.74) is 1.65. The fourth-order valence-corrected chi connectivity index (χ4v) is 4.21. The molecule has 0 saturated carbocycles. The fourth-order valence-electron chi connectivity index (χ4n) is 2.49. The van der Waals surface area contributed by atoms with Crippen LogP contribution in [0.4, 0.5) is 0 Å². The Morgan fingerprint density at radius 1 is 1.52 bits per heavy atom. The SMILES string of the molecule is C=CCn1c(SCC(=O)[C@H](C#N)c2nc(C)cs2)nnc1-c1ccoc1C. The van der Waals surface area contributed by atoms with Crippen molar-refractivity contribution in [3.63, 3.8) is 0 Å². The first-order valence-corrected chi connectivity index (χ1v) is 9.97. The van der Waals surface area contributed by atoms with Gasteiger partial charge in [-0.1, -0.05) is 17.8 Å². The van der Waals surface area contributed by atoms with Gasteiger partial charge in [-0.05, 0) is 19.9 Å². The first-order chi connectivity index (χ1) is 13.0. The van der Waals surface area contributed by atoms with Crippen molar-refractivity contribution in [3.8, 4) is 17.5 Å². The van der Waals surface area contributed by atoms with Crippen molar-refractivity contribution in [2.75, 3.05) is 5.75 Å². The Morgan fingerprint density at radius 3 is 2.93 bits per heavy atom. The summed E-state index contributed by atoms with van der Waals surface area (Å²) in [5.74, 6) is 0.442. The number of nitriles is 1. The van der Waals surface area contributed by atoms with Gasteiger partial charge in [-0.2, -0.15) is 5.26 Å². The number of thiazole rings is 1. The zero-order valence-electron chi connectivity index (χ0n) is 14.9. The number of hydrogen-bond donors (Lipinski definition) is 0. The van der Waals surface area contributed by atoms with E-state index in [0.29, 0.717) is 22.5 Å². The number of aromatic nitrogens is 4. The van der Waals surface area contributed by atoms with Crippen LogP contribution in [0.3, 0.4) is 0 Å². The number of carbonyl (C=O) groups excluding carboxylic acids is 1. The van der Waals surface area contributed by atoms with Crippen molar-refractivity contribution in [3.05, 3.63) is 46.8 Å². The molecule has 27 heavy (non-hydrogen) atoms. The second-order valence-electron chi connectivity index (χ2n) is 5.74. The van der Waals surface area contributed by atoms with E-state index in [2.05, 4.69) is 27.8 Å². The van der Waals surface area contributed by atoms with E-state index in [-0.39, 0.29) is 11.5 Å². The van der Waals surface area contributed by atoms with Crippen molar-refractivity contribution in [1.29, 1.82) is 5.26 Å². The number of rotatable bonds is 8. The maximum atomic E-state index is 12.5. The van der Waals surface area contributed by atoms with E-state index >= 15 is 0 Å². The van der Waals surface area contributed by atoms with Crippen LogP contribution in [0.15, 0.2) is 39.9 Å². The molecule has 3 aromatic heterocycles. The summed E-state index contributed by atoms with van der Waals surface area (Å²) < 4.78 is 7.22. The summed E-state index contributed by atoms with van der Waals surface area (Å²) in [5, 5.41) is 20.8. The Morgan fingerprint density at radius 2 is 2.33 bits per heavy atom. The lowest BCUT2D eigenvalue weighted by atomic mass is 10.1. The Kier molecular flexibility index (Phi) is 5.88. The lowest BCUT2D eigenvalue weighted by molar-refractivity contribution is -0.116. The number of hydrogen-bond acceptors (Lipinski definition) is 8. The second kappa shape index (κ2) is 8.33. The number of furan rings is 1. The highest BCUT2D eigenvalue weighted by Crippen LogP contribution is 2.28. The van der Waals surface area contributed by atoms with Gasteiger partial charge in [-0.25, -0.2) is 4.98 Å². The summed E-state index contributed by atoms with van der Waals surface area (Å²) in [4.78, 5) is 16.8. The van der Waals surface area contributed by atoms with E-state index in [4.69, 9.17) is 4.42 Å². The van der Waals surface area contributed by atoms with Crippen molar-refractivity contribution >= 4 is 28.9 Å². The summed E-state index contributed by atoms with van der Waals surface area (Å²) in [6.07, 6.45) is 3.34. The number of nitrogens with zero attached hydrogens (tertiary/aromatic N) is 5. The summed E-state index contributed by atoms with van der Waals surface area (Å²) in [6, 6.07) is 3.88. The molecular weight excluding hydrogens is 382 g/mol. The molecule has 0 fully saturated rings. The average Bonchev–Trinajstić information content (AvgIpc) is 3.35. The molecule has 138 valence electrons. The minimum absolute atomic E-state index is 0.108. The molecule has 3 aromatic rings. The van der Waals surface area contributed by atoms with Gasteiger partial charge in [0.2, 0.25) is 0 Å². The van der Waals surface area contributed by atoms with Crippen LogP contribution >= 0.6 is 23.1 Å². The van der Waals surface area contributed by atoms with E-state index in [1.807, 2.05) is 29.9 Å². The third-order valence-corrected chi connectivity index (χ3v) is 5.82. The Bertz CT molecular complexity index is 1010. The van der Waals surface area contributed by atoms with Gasteiger partial charge < -0.3 is 4.42 Å².